The fraction of sp³-hybridized carbons (Fsp3) is 0.300. The van der Waals surface area contributed by atoms with Crippen molar-refractivity contribution in [1.82, 2.24) is 5.32 Å². The summed E-state index contributed by atoms with van der Waals surface area (Å²) >= 11 is 0. The molecule has 0 aromatic heterocycles. The van der Waals surface area contributed by atoms with Crippen molar-refractivity contribution >= 4 is 17.5 Å². The predicted molar refractivity (Wildman–Crippen MR) is 95.2 cm³/mol. The third-order valence-electron chi connectivity index (χ3n) is 4.63. The summed E-state index contributed by atoms with van der Waals surface area (Å²) in [5.74, 6) is -2.76. The summed E-state index contributed by atoms with van der Waals surface area (Å²) < 4.78 is 39.5. The van der Waals surface area contributed by atoms with Crippen LogP contribution in [0.25, 0.3) is 0 Å². The molecule has 7 heteroatoms. The highest BCUT2D eigenvalue weighted by molar-refractivity contribution is 6.08. The Labute approximate surface area is 154 Å². The molecule has 0 aliphatic carbocycles. The number of hydrogen-bond acceptors (Lipinski definition) is 2. The molecule has 1 fully saturated rings. The number of aryl methyl sites for hydroxylation is 2. The summed E-state index contributed by atoms with van der Waals surface area (Å²) in [4.78, 5) is 25.0. The Balaban J connectivity index is 1.90. The summed E-state index contributed by atoms with van der Waals surface area (Å²) in [6, 6.07) is 10.5. The van der Waals surface area contributed by atoms with Gasteiger partial charge in [-0.2, -0.15) is 13.2 Å². The van der Waals surface area contributed by atoms with Gasteiger partial charge in [-0.15, -0.1) is 0 Å². The van der Waals surface area contributed by atoms with Gasteiger partial charge in [-0.1, -0.05) is 41.5 Å². The number of benzene rings is 2. The lowest BCUT2D eigenvalue weighted by atomic mass is 9.86. The maximum atomic E-state index is 13.2. The fourth-order valence-electron chi connectivity index (χ4n) is 3.51. The molecule has 0 spiro atoms. The molecule has 0 saturated carbocycles. The molecule has 3 rings (SSSR count). The number of carbonyl (C=O) groups is 2. The van der Waals surface area contributed by atoms with Crippen LogP contribution in [0.4, 0.5) is 18.9 Å². The van der Waals surface area contributed by atoms with E-state index < -0.39 is 35.4 Å². The van der Waals surface area contributed by atoms with E-state index in [9.17, 15) is 22.8 Å². The van der Waals surface area contributed by atoms with Gasteiger partial charge in [-0.25, -0.2) is 0 Å². The van der Waals surface area contributed by atoms with E-state index in [0.29, 0.717) is 0 Å². The zero-order valence-corrected chi connectivity index (χ0v) is 14.9. The number of carbonyl (C=O) groups excluding carboxylic acids is 2. The van der Waals surface area contributed by atoms with Crippen molar-refractivity contribution in [2.24, 2.45) is 5.92 Å². The third kappa shape index (κ3) is 3.97. The second-order valence-electron chi connectivity index (χ2n) is 6.78. The van der Waals surface area contributed by atoms with Crippen molar-refractivity contribution in [3.8, 4) is 0 Å². The van der Waals surface area contributed by atoms with Crippen LogP contribution in [-0.2, 0) is 15.8 Å². The van der Waals surface area contributed by atoms with Crippen molar-refractivity contribution in [3.05, 3.63) is 64.7 Å². The highest BCUT2D eigenvalue weighted by Crippen LogP contribution is 2.36. The fourth-order valence-corrected chi connectivity index (χ4v) is 3.51. The van der Waals surface area contributed by atoms with E-state index >= 15 is 0 Å². The minimum Gasteiger partial charge on any atom is -0.355 e. The Hall–Kier alpha value is -2.83. The van der Waals surface area contributed by atoms with Gasteiger partial charge in [0.05, 0.1) is 11.3 Å². The van der Waals surface area contributed by atoms with E-state index in [2.05, 4.69) is 10.6 Å². The topological polar surface area (TPSA) is 58.2 Å². The van der Waals surface area contributed by atoms with Crippen LogP contribution in [0.3, 0.4) is 0 Å². The van der Waals surface area contributed by atoms with E-state index in [4.69, 9.17) is 0 Å². The number of alkyl halides is 3. The van der Waals surface area contributed by atoms with Crippen molar-refractivity contribution in [3.63, 3.8) is 0 Å². The van der Waals surface area contributed by atoms with Gasteiger partial charge in [0.1, 0.15) is 5.92 Å². The van der Waals surface area contributed by atoms with Crippen LogP contribution in [-0.4, -0.2) is 18.4 Å². The molecule has 2 amide bonds. The van der Waals surface area contributed by atoms with Crippen molar-refractivity contribution < 1.29 is 22.8 Å². The maximum absolute atomic E-state index is 13.2. The number of anilines is 1. The molecular weight excluding hydrogens is 357 g/mol. The number of halogens is 3. The van der Waals surface area contributed by atoms with Gasteiger partial charge < -0.3 is 10.6 Å². The van der Waals surface area contributed by atoms with Crippen LogP contribution < -0.4 is 10.6 Å². The molecule has 4 nitrogen and oxygen atoms in total. The molecule has 0 unspecified atom stereocenters. The first-order chi connectivity index (χ1) is 12.7. The quantitative estimate of drug-likeness (QED) is 0.801. The van der Waals surface area contributed by atoms with E-state index in [1.165, 1.54) is 18.2 Å². The van der Waals surface area contributed by atoms with Crippen LogP contribution in [0.15, 0.2) is 42.5 Å². The van der Waals surface area contributed by atoms with Crippen LogP contribution >= 0.6 is 0 Å². The highest BCUT2D eigenvalue weighted by atomic mass is 19.4. The van der Waals surface area contributed by atoms with Gasteiger partial charge in [-0.05, 0) is 31.5 Å². The van der Waals surface area contributed by atoms with E-state index in [-0.39, 0.29) is 12.2 Å². The molecule has 1 heterocycles. The molecule has 1 aliphatic rings. The monoisotopic (exact) mass is 376 g/mol. The number of hydrogen-bond donors (Lipinski definition) is 2. The summed E-state index contributed by atoms with van der Waals surface area (Å²) in [5.41, 5.74) is 1.50. The van der Waals surface area contributed by atoms with Gasteiger partial charge in [0.2, 0.25) is 11.8 Å². The van der Waals surface area contributed by atoms with Gasteiger partial charge in [-0.3, -0.25) is 9.59 Å². The summed E-state index contributed by atoms with van der Waals surface area (Å²) in [7, 11) is 0. The summed E-state index contributed by atoms with van der Waals surface area (Å²) in [5, 5.41) is 4.95. The summed E-state index contributed by atoms with van der Waals surface area (Å²) in [6.45, 7) is 4.09. The van der Waals surface area contributed by atoms with Crippen molar-refractivity contribution in [1.29, 1.82) is 0 Å². The maximum Gasteiger partial charge on any atom is 0.418 e. The van der Waals surface area contributed by atoms with E-state index in [0.717, 1.165) is 22.8 Å². The molecule has 2 N–H and O–H groups in total. The second-order valence-corrected chi connectivity index (χ2v) is 6.78. The predicted octanol–water partition coefficient (Wildman–Crippen LogP) is 3.79. The van der Waals surface area contributed by atoms with Gasteiger partial charge in [0, 0.05) is 12.5 Å². The van der Waals surface area contributed by atoms with Crippen LogP contribution in [0, 0.1) is 19.8 Å². The molecule has 0 radical (unpaired) electrons. The highest BCUT2D eigenvalue weighted by Gasteiger charge is 2.42. The summed E-state index contributed by atoms with van der Waals surface area (Å²) in [6.07, 6.45) is -4.60. The number of rotatable bonds is 3. The Kier molecular flexibility index (Phi) is 4.95. The van der Waals surface area contributed by atoms with Crippen LogP contribution in [0.2, 0.25) is 0 Å². The normalized spacial score (nSPS) is 19.7. The van der Waals surface area contributed by atoms with Crippen LogP contribution in [0.5, 0.6) is 0 Å². The van der Waals surface area contributed by atoms with E-state index in [1.807, 2.05) is 32.0 Å². The molecular formula is C20H19F3N2O2. The number of para-hydroxylation sites is 1. The first kappa shape index (κ1) is 18.9. The molecule has 2 aromatic carbocycles. The lowest BCUT2D eigenvalue weighted by Crippen LogP contribution is -2.32. The Morgan fingerprint density at radius 2 is 1.74 bits per heavy atom. The lowest BCUT2D eigenvalue weighted by molar-refractivity contribution is -0.137. The Morgan fingerprint density at radius 3 is 2.37 bits per heavy atom. The molecule has 142 valence electrons. The SMILES string of the molecule is Cc1cc(C)cc([C@H]2CNC(=O)[C@@H]2C(=O)Nc2ccccc2C(F)(F)F)c1. The Bertz CT molecular complexity index is 873. The third-order valence-corrected chi connectivity index (χ3v) is 4.63. The van der Waals surface area contributed by atoms with Crippen LogP contribution in [0.1, 0.15) is 28.2 Å². The molecule has 27 heavy (non-hydrogen) atoms. The van der Waals surface area contributed by atoms with Gasteiger partial charge in [0.15, 0.2) is 0 Å². The minimum atomic E-state index is -4.60. The first-order valence-corrected chi connectivity index (χ1v) is 8.50. The number of amides is 2. The lowest BCUT2D eigenvalue weighted by Gasteiger charge is -2.19. The standard InChI is InChI=1S/C20H19F3N2O2/c1-11-7-12(2)9-13(8-11)14-10-24-18(26)17(14)19(27)25-16-6-4-3-5-15(16)20(21,22)23/h3-9,14,17H,10H2,1-2H3,(H,24,26)(H,25,27)/t14-,17-/m1/s1. The first-order valence-electron chi connectivity index (χ1n) is 8.50. The van der Waals surface area contributed by atoms with E-state index in [1.54, 1.807) is 0 Å². The molecule has 0 bridgehead atoms. The largest absolute Gasteiger partial charge is 0.418 e. The molecule has 1 saturated heterocycles. The van der Waals surface area contributed by atoms with Gasteiger partial charge in [0.25, 0.3) is 0 Å². The zero-order valence-electron chi connectivity index (χ0n) is 14.9. The van der Waals surface area contributed by atoms with Crippen molar-refractivity contribution in [2.45, 2.75) is 25.9 Å². The smallest absolute Gasteiger partial charge is 0.355 e. The van der Waals surface area contributed by atoms with Gasteiger partial charge >= 0.3 is 6.18 Å². The Morgan fingerprint density at radius 1 is 1.11 bits per heavy atom. The second kappa shape index (κ2) is 7.06. The average Bonchev–Trinajstić information content (AvgIpc) is 2.95. The molecule has 2 atom stereocenters. The average molecular weight is 376 g/mol. The number of nitrogens with one attached hydrogen (secondary N) is 2. The zero-order chi connectivity index (χ0) is 19.8. The van der Waals surface area contributed by atoms with Crippen molar-refractivity contribution in [2.75, 3.05) is 11.9 Å². The molecule has 1 aliphatic heterocycles. The minimum absolute atomic E-state index is 0.265. The molecule has 2 aromatic rings.